The number of esters is 1. The Morgan fingerprint density at radius 3 is 2.58 bits per heavy atom. The molecule has 0 atom stereocenters. The fourth-order valence-corrected chi connectivity index (χ4v) is 2.92. The molecular weight excluding hydrogens is 320 g/mol. The van der Waals surface area contributed by atoms with Crippen LogP contribution in [0.3, 0.4) is 0 Å². The summed E-state index contributed by atoms with van der Waals surface area (Å²) in [6.45, 7) is 12.1. The molecular formula is C19H30O4Si. The van der Waals surface area contributed by atoms with E-state index in [2.05, 4.69) is 44.7 Å². The molecule has 0 spiro atoms. The summed E-state index contributed by atoms with van der Waals surface area (Å²) in [6.07, 6.45) is 4.51. The molecule has 0 aliphatic heterocycles. The first-order valence-electron chi connectivity index (χ1n) is 8.30. The molecule has 0 aliphatic rings. The minimum atomic E-state index is -1.66. The van der Waals surface area contributed by atoms with Crippen LogP contribution in [0.4, 0.5) is 0 Å². The van der Waals surface area contributed by atoms with Crippen molar-refractivity contribution in [2.24, 2.45) is 0 Å². The van der Waals surface area contributed by atoms with Crippen molar-refractivity contribution in [1.29, 1.82) is 0 Å². The van der Waals surface area contributed by atoms with Crippen molar-refractivity contribution in [3.8, 4) is 5.75 Å². The predicted octanol–water partition coefficient (Wildman–Crippen LogP) is 4.71. The first kappa shape index (κ1) is 20.5. The van der Waals surface area contributed by atoms with Crippen LogP contribution in [0.2, 0.25) is 18.1 Å². The zero-order chi connectivity index (χ0) is 18.2. The second kappa shape index (κ2) is 9.04. The SMILES string of the molecule is COC(=O)C=COc1cccc(CCCO[Si](C)(C)C(C)(C)C)c1. The van der Waals surface area contributed by atoms with Crippen LogP contribution in [0.1, 0.15) is 32.8 Å². The van der Waals surface area contributed by atoms with E-state index in [0.717, 1.165) is 19.4 Å². The first-order valence-corrected chi connectivity index (χ1v) is 11.2. The largest absolute Gasteiger partial charge is 0.466 e. The molecule has 0 aromatic heterocycles. The van der Waals surface area contributed by atoms with Crippen molar-refractivity contribution < 1.29 is 18.7 Å². The monoisotopic (exact) mass is 350 g/mol. The van der Waals surface area contributed by atoms with Gasteiger partial charge >= 0.3 is 5.97 Å². The van der Waals surface area contributed by atoms with Crippen molar-refractivity contribution in [2.45, 2.75) is 51.7 Å². The van der Waals surface area contributed by atoms with Gasteiger partial charge in [-0.15, -0.1) is 0 Å². The quantitative estimate of drug-likeness (QED) is 0.224. The number of ether oxygens (including phenoxy) is 2. The third kappa shape index (κ3) is 6.89. The lowest BCUT2D eigenvalue weighted by Gasteiger charge is -2.36. The molecule has 0 N–H and O–H groups in total. The topological polar surface area (TPSA) is 44.8 Å². The molecule has 0 unspecified atom stereocenters. The molecule has 0 amide bonds. The van der Waals surface area contributed by atoms with Crippen LogP contribution in [0.25, 0.3) is 0 Å². The average molecular weight is 351 g/mol. The van der Waals surface area contributed by atoms with E-state index in [4.69, 9.17) is 9.16 Å². The van der Waals surface area contributed by atoms with Crippen LogP contribution in [0, 0.1) is 0 Å². The van der Waals surface area contributed by atoms with Crippen molar-refractivity contribution in [2.75, 3.05) is 13.7 Å². The molecule has 0 radical (unpaired) electrons. The van der Waals surface area contributed by atoms with Gasteiger partial charge in [0.15, 0.2) is 8.32 Å². The number of aryl methyl sites for hydroxylation is 1. The number of carbonyl (C=O) groups excluding carboxylic acids is 1. The second-order valence-corrected chi connectivity index (χ2v) is 12.1. The summed E-state index contributed by atoms with van der Waals surface area (Å²) in [7, 11) is -0.331. The van der Waals surface area contributed by atoms with Gasteiger partial charge in [0, 0.05) is 6.61 Å². The molecule has 4 nitrogen and oxygen atoms in total. The molecule has 134 valence electrons. The maximum Gasteiger partial charge on any atom is 0.333 e. The Morgan fingerprint density at radius 1 is 1.25 bits per heavy atom. The number of hydrogen-bond donors (Lipinski definition) is 0. The van der Waals surface area contributed by atoms with Gasteiger partial charge in [0.25, 0.3) is 0 Å². The summed E-state index contributed by atoms with van der Waals surface area (Å²) < 4.78 is 16.1. The van der Waals surface area contributed by atoms with Crippen LogP contribution >= 0.6 is 0 Å². The summed E-state index contributed by atoms with van der Waals surface area (Å²) in [5, 5.41) is 0.243. The summed E-state index contributed by atoms with van der Waals surface area (Å²) in [6, 6.07) is 7.86. The molecule has 0 fully saturated rings. The molecule has 1 aromatic carbocycles. The van der Waals surface area contributed by atoms with Gasteiger partial charge in [-0.1, -0.05) is 32.9 Å². The highest BCUT2D eigenvalue weighted by Crippen LogP contribution is 2.36. The maximum atomic E-state index is 11.0. The summed E-state index contributed by atoms with van der Waals surface area (Å²) in [4.78, 5) is 11.0. The Labute approximate surface area is 146 Å². The van der Waals surface area contributed by atoms with Crippen molar-refractivity contribution in [3.05, 3.63) is 42.2 Å². The Kier molecular flexibility index (Phi) is 7.70. The highest BCUT2D eigenvalue weighted by molar-refractivity contribution is 6.74. The molecule has 0 aliphatic carbocycles. The summed E-state index contributed by atoms with van der Waals surface area (Å²) in [5.74, 6) is 0.270. The summed E-state index contributed by atoms with van der Waals surface area (Å²) >= 11 is 0. The lowest BCUT2D eigenvalue weighted by atomic mass is 10.1. The zero-order valence-electron chi connectivity index (χ0n) is 15.7. The van der Waals surface area contributed by atoms with Gasteiger partial charge in [-0.25, -0.2) is 4.79 Å². The second-order valence-electron chi connectivity index (χ2n) is 7.30. The number of carbonyl (C=O) groups is 1. The van der Waals surface area contributed by atoms with Crippen LogP contribution < -0.4 is 4.74 Å². The van der Waals surface area contributed by atoms with Crippen LogP contribution in [-0.4, -0.2) is 28.0 Å². The number of hydrogen-bond acceptors (Lipinski definition) is 4. The van der Waals surface area contributed by atoms with Crippen LogP contribution in [0.15, 0.2) is 36.6 Å². The fourth-order valence-electron chi connectivity index (χ4n) is 1.83. The van der Waals surface area contributed by atoms with Crippen LogP contribution in [0.5, 0.6) is 5.75 Å². The normalized spacial score (nSPS) is 12.4. The van der Waals surface area contributed by atoms with Crippen molar-refractivity contribution >= 4 is 14.3 Å². The lowest BCUT2D eigenvalue weighted by Crippen LogP contribution is -2.41. The van der Waals surface area contributed by atoms with Gasteiger partial charge in [0.2, 0.25) is 0 Å². The van der Waals surface area contributed by atoms with E-state index >= 15 is 0 Å². The molecule has 0 heterocycles. The molecule has 1 aromatic rings. The number of methoxy groups -OCH3 is 1. The first-order chi connectivity index (χ1) is 11.2. The smallest absolute Gasteiger partial charge is 0.333 e. The average Bonchev–Trinajstić information content (AvgIpc) is 2.50. The van der Waals surface area contributed by atoms with Gasteiger partial charge in [-0.2, -0.15) is 0 Å². The zero-order valence-corrected chi connectivity index (χ0v) is 16.7. The van der Waals surface area contributed by atoms with E-state index in [1.807, 2.05) is 18.2 Å². The van der Waals surface area contributed by atoms with Gasteiger partial charge in [-0.05, 0) is 48.7 Å². The van der Waals surface area contributed by atoms with Gasteiger partial charge in [0.05, 0.1) is 19.4 Å². The van der Waals surface area contributed by atoms with Crippen LogP contribution in [-0.2, 0) is 20.4 Å². The van der Waals surface area contributed by atoms with Gasteiger partial charge in [0.1, 0.15) is 5.75 Å². The fraction of sp³-hybridized carbons (Fsp3) is 0.526. The molecule has 0 saturated heterocycles. The van der Waals surface area contributed by atoms with E-state index in [1.165, 1.54) is 25.0 Å². The minimum Gasteiger partial charge on any atom is -0.466 e. The van der Waals surface area contributed by atoms with Crippen molar-refractivity contribution in [1.82, 2.24) is 0 Å². The van der Waals surface area contributed by atoms with E-state index in [1.54, 1.807) is 0 Å². The molecule has 1 rings (SSSR count). The van der Waals surface area contributed by atoms with E-state index < -0.39 is 14.3 Å². The van der Waals surface area contributed by atoms with Gasteiger partial charge < -0.3 is 13.9 Å². The highest BCUT2D eigenvalue weighted by Gasteiger charge is 2.36. The van der Waals surface area contributed by atoms with E-state index in [0.29, 0.717) is 5.75 Å². The summed E-state index contributed by atoms with van der Waals surface area (Å²) in [5.41, 5.74) is 1.19. The predicted molar refractivity (Wildman–Crippen MR) is 99.7 cm³/mol. The lowest BCUT2D eigenvalue weighted by molar-refractivity contribution is -0.134. The third-order valence-corrected chi connectivity index (χ3v) is 8.92. The standard InChI is InChI=1S/C19H30O4Si/c1-19(2,3)24(5,6)23-13-8-10-16-9-7-11-17(15-16)22-14-12-18(20)21-4/h7,9,11-12,14-15H,8,10,13H2,1-6H3. The molecule has 0 saturated carbocycles. The van der Waals surface area contributed by atoms with Crippen molar-refractivity contribution in [3.63, 3.8) is 0 Å². The maximum absolute atomic E-state index is 11.0. The third-order valence-electron chi connectivity index (χ3n) is 4.39. The minimum absolute atomic E-state index is 0.243. The highest BCUT2D eigenvalue weighted by atomic mass is 28.4. The molecule has 0 bridgehead atoms. The van der Waals surface area contributed by atoms with E-state index in [-0.39, 0.29) is 5.04 Å². The Bertz CT molecular complexity index is 559. The Morgan fingerprint density at radius 2 is 1.96 bits per heavy atom. The number of rotatable bonds is 8. The van der Waals surface area contributed by atoms with E-state index in [9.17, 15) is 4.79 Å². The number of benzene rings is 1. The van der Waals surface area contributed by atoms with Gasteiger partial charge in [-0.3, -0.25) is 0 Å². The Balaban J connectivity index is 2.45. The molecule has 5 heteroatoms. The Hall–Kier alpha value is -1.59. The molecule has 24 heavy (non-hydrogen) atoms.